The Labute approximate surface area is 183 Å². The first kappa shape index (κ1) is 20.8. The summed E-state index contributed by atoms with van der Waals surface area (Å²) in [5, 5.41) is 16.4. The number of hydrogen-bond donors (Lipinski definition) is 1. The van der Waals surface area contributed by atoms with Crippen LogP contribution in [0.3, 0.4) is 0 Å². The lowest BCUT2D eigenvalue weighted by Gasteiger charge is -2.11. The molecule has 9 heteroatoms. The van der Waals surface area contributed by atoms with E-state index in [-0.39, 0.29) is 18.3 Å². The van der Waals surface area contributed by atoms with Crippen molar-refractivity contribution in [1.82, 2.24) is 29.9 Å². The molecule has 0 aliphatic rings. The Morgan fingerprint density at radius 2 is 1.84 bits per heavy atom. The van der Waals surface area contributed by atoms with E-state index in [1.807, 2.05) is 43.0 Å². The molecule has 0 unspecified atom stereocenters. The number of halogens is 1. The third kappa shape index (κ3) is 4.36. The van der Waals surface area contributed by atoms with Gasteiger partial charge in [-0.05, 0) is 68.6 Å². The summed E-state index contributed by atoms with van der Waals surface area (Å²) in [6, 6.07) is 15.3. The van der Waals surface area contributed by atoms with E-state index in [0.29, 0.717) is 16.5 Å². The van der Waals surface area contributed by atoms with Crippen LogP contribution in [0.1, 0.15) is 27.6 Å². The highest BCUT2D eigenvalue weighted by atomic mass is 32.2. The van der Waals surface area contributed by atoms with Crippen LogP contribution in [0.25, 0.3) is 11.4 Å². The number of rotatable bonds is 6. The summed E-state index contributed by atoms with van der Waals surface area (Å²) in [5.41, 5.74) is 3.97. The predicted molar refractivity (Wildman–Crippen MR) is 117 cm³/mol. The van der Waals surface area contributed by atoms with E-state index in [9.17, 15) is 9.18 Å². The lowest BCUT2D eigenvalue weighted by molar-refractivity contribution is 0.0949. The number of aromatic nitrogens is 5. The van der Waals surface area contributed by atoms with Gasteiger partial charge in [0.05, 0.1) is 17.9 Å². The topological polar surface area (TPSA) is 77.6 Å². The van der Waals surface area contributed by atoms with Gasteiger partial charge in [-0.3, -0.25) is 9.36 Å². The Hall–Kier alpha value is -3.46. The zero-order chi connectivity index (χ0) is 22.0. The summed E-state index contributed by atoms with van der Waals surface area (Å²) in [5.74, 6) is 0.00150. The Morgan fingerprint density at radius 3 is 2.52 bits per heavy atom. The molecule has 1 N–H and O–H groups in total. The smallest absolute Gasteiger partial charge is 0.251 e. The third-order valence-electron chi connectivity index (χ3n) is 4.74. The van der Waals surface area contributed by atoms with Crippen LogP contribution in [-0.4, -0.2) is 36.7 Å². The van der Waals surface area contributed by atoms with Crippen LogP contribution in [0.2, 0.25) is 0 Å². The van der Waals surface area contributed by atoms with Crippen LogP contribution in [0.15, 0.2) is 59.8 Å². The first-order valence-electron chi connectivity index (χ1n) is 9.62. The van der Waals surface area contributed by atoms with Crippen LogP contribution >= 0.6 is 11.8 Å². The summed E-state index contributed by atoms with van der Waals surface area (Å²) < 4.78 is 16.9. The molecule has 2 aromatic heterocycles. The Morgan fingerprint density at radius 1 is 1.06 bits per heavy atom. The molecule has 0 bridgehead atoms. The number of carbonyl (C=O) groups is 1. The van der Waals surface area contributed by atoms with Gasteiger partial charge >= 0.3 is 0 Å². The van der Waals surface area contributed by atoms with Gasteiger partial charge in [0.2, 0.25) is 0 Å². The molecule has 0 atom stereocenters. The normalized spacial score (nSPS) is 11.0. The van der Waals surface area contributed by atoms with Crippen LogP contribution in [0, 0.1) is 19.7 Å². The zero-order valence-electron chi connectivity index (χ0n) is 17.3. The zero-order valence-corrected chi connectivity index (χ0v) is 18.2. The predicted octanol–water partition coefficient (Wildman–Crippen LogP) is 3.86. The van der Waals surface area contributed by atoms with E-state index in [4.69, 9.17) is 0 Å². The Kier molecular flexibility index (Phi) is 5.85. The summed E-state index contributed by atoms with van der Waals surface area (Å²) in [6.07, 6.45) is 1.89. The van der Waals surface area contributed by atoms with Crippen molar-refractivity contribution in [1.29, 1.82) is 0 Å². The molecular weight excluding hydrogens is 415 g/mol. The first-order chi connectivity index (χ1) is 15.0. The van der Waals surface area contributed by atoms with Crippen molar-refractivity contribution in [2.75, 3.05) is 6.26 Å². The summed E-state index contributed by atoms with van der Waals surface area (Å²) in [7, 11) is 0. The largest absolute Gasteiger partial charge is 0.345 e. The van der Waals surface area contributed by atoms with E-state index in [2.05, 4.69) is 20.6 Å². The SMILES string of the molecule is CSc1nnc(CNC(=O)c2cccc(-n3nc(C)cc3C)c2)n1-c1ccc(F)cc1. The molecule has 0 fully saturated rings. The minimum atomic E-state index is -0.320. The van der Waals surface area contributed by atoms with E-state index >= 15 is 0 Å². The van der Waals surface area contributed by atoms with Crippen molar-refractivity contribution < 1.29 is 9.18 Å². The van der Waals surface area contributed by atoms with E-state index in [1.165, 1.54) is 23.9 Å². The van der Waals surface area contributed by atoms with Crippen LogP contribution < -0.4 is 5.32 Å². The van der Waals surface area contributed by atoms with Gasteiger partial charge in [0, 0.05) is 16.9 Å². The molecule has 158 valence electrons. The van der Waals surface area contributed by atoms with Gasteiger partial charge in [-0.2, -0.15) is 5.10 Å². The highest BCUT2D eigenvalue weighted by molar-refractivity contribution is 7.98. The number of nitrogens with zero attached hydrogens (tertiary/aromatic N) is 5. The minimum Gasteiger partial charge on any atom is -0.345 e. The summed E-state index contributed by atoms with van der Waals surface area (Å²) >= 11 is 1.42. The van der Waals surface area contributed by atoms with E-state index in [1.54, 1.807) is 28.8 Å². The van der Waals surface area contributed by atoms with Gasteiger partial charge in [-0.15, -0.1) is 10.2 Å². The van der Waals surface area contributed by atoms with Crippen molar-refractivity contribution in [3.63, 3.8) is 0 Å². The molecule has 2 heterocycles. The van der Waals surface area contributed by atoms with Gasteiger partial charge in [-0.1, -0.05) is 17.8 Å². The quantitative estimate of drug-likeness (QED) is 0.465. The molecule has 0 saturated heterocycles. The fourth-order valence-electron chi connectivity index (χ4n) is 3.33. The van der Waals surface area contributed by atoms with Crippen molar-refractivity contribution >= 4 is 17.7 Å². The summed E-state index contributed by atoms with van der Waals surface area (Å²) in [4.78, 5) is 12.8. The summed E-state index contributed by atoms with van der Waals surface area (Å²) in [6.45, 7) is 4.08. The molecule has 4 aromatic rings. The number of aryl methyl sites for hydroxylation is 2. The molecule has 2 aromatic carbocycles. The van der Waals surface area contributed by atoms with Gasteiger partial charge in [0.15, 0.2) is 11.0 Å². The van der Waals surface area contributed by atoms with Gasteiger partial charge in [0.1, 0.15) is 5.82 Å². The fourth-order valence-corrected chi connectivity index (χ4v) is 3.84. The van der Waals surface area contributed by atoms with Gasteiger partial charge in [-0.25, -0.2) is 9.07 Å². The van der Waals surface area contributed by atoms with Crippen molar-refractivity contribution in [2.24, 2.45) is 0 Å². The van der Waals surface area contributed by atoms with Gasteiger partial charge in [0.25, 0.3) is 5.91 Å². The molecule has 7 nitrogen and oxygen atoms in total. The molecular formula is C22H21FN6OS. The highest BCUT2D eigenvalue weighted by Crippen LogP contribution is 2.20. The second kappa shape index (κ2) is 8.73. The van der Waals surface area contributed by atoms with Crippen molar-refractivity contribution in [2.45, 2.75) is 25.5 Å². The average Bonchev–Trinajstić information content (AvgIpc) is 3.34. The number of benzene rings is 2. The van der Waals surface area contributed by atoms with Crippen molar-refractivity contribution in [3.05, 3.63) is 83.2 Å². The number of thioether (sulfide) groups is 1. The Balaban J connectivity index is 1.55. The highest BCUT2D eigenvalue weighted by Gasteiger charge is 2.15. The second-order valence-electron chi connectivity index (χ2n) is 6.99. The van der Waals surface area contributed by atoms with Gasteiger partial charge < -0.3 is 5.32 Å². The van der Waals surface area contributed by atoms with Crippen molar-refractivity contribution in [3.8, 4) is 11.4 Å². The van der Waals surface area contributed by atoms with Crippen LogP contribution in [0.4, 0.5) is 4.39 Å². The maximum Gasteiger partial charge on any atom is 0.251 e. The number of carbonyl (C=O) groups excluding carboxylic acids is 1. The van der Waals surface area contributed by atoms with Crippen LogP contribution in [0.5, 0.6) is 0 Å². The molecule has 31 heavy (non-hydrogen) atoms. The third-order valence-corrected chi connectivity index (χ3v) is 5.37. The lowest BCUT2D eigenvalue weighted by Crippen LogP contribution is -2.24. The fraction of sp³-hybridized carbons (Fsp3) is 0.182. The lowest BCUT2D eigenvalue weighted by atomic mass is 10.2. The molecule has 0 aliphatic heterocycles. The molecule has 0 aliphatic carbocycles. The Bertz CT molecular complexity index is 1230. The number of hydrogen-bond acceptors (Lipinski definition) is 5. The maximum absolute atomic E-state index is 13.3. The average molecular weight is 437 g/mol. The standard InChI is InChI=1S/C22H21FN6OS/c1-14-11-15(2)29(27-14)19-6-4-5-16(12-19)21(30)24-13-20-25-26-22(31-3)28(20)18-9-7-17(23)8-10-18/h4-12H,13H2,1-3H3,(H,24,30). The molecule has 1 amide bonds. The molecule has 0 saturated carbocycles. The number of amides is 1. The number of nitrogens with one attached hydrogen (secondary N) is 1. The molecule has 0 spiro atoms. The second-order valence-corrected chi connectivity index (χ2v) is 7.76. The maximum atomic E-state index is 13.3. The molecule has 0 radical (unpaired) electrons. The van der Waals surface area contributed by atoms with E-state index < -0.39 is 0 Å². The first-order valence-corrected chi connectivity index (χ1v) is 10.8. The monoisotopic (exact) mass is 436 g/mol. The van der Waals surface area contributed by atoms with Crippen LogP contribution in [-0.2, 0) is 6.54 Å². The van der Waals surface area contributed by atoms with E-state index in [0.717, 1.165) is 22.8 Å². The molecule has 4 rings (SSSR count). The minimum absolute atomic E-state index is 0.175.